The van der Waals surface area contributed by atoms with Crippen LogP contribution in [-0.4, -0.2) is 60.4 Å². The van der Waals surface area contributed by atoms with Crippen molar-refractivity contribution in [3.05, 3.63) is 71.8 Å². The van der Waals surface area contributed by atoms with Gasteiger partial charge in [-0.2, -0.15) is 5.26 Å². The molecular formula is C25H25N5O4. The quantitative estimate of drug-likeness (QED) is 0.324. The lowest BCUT2D eigenvalue weighted by atomic mass is 10.1. The second-order valence-electron chi connectivity index (χ2n) is 7.41. The Labute approximate surface area is 197 Å². The molecule has 1 saturated heterocycles. The normalized spacial score (nSPS) is 14.6. The summed E-state index contributed by atoms with van der Waals surface area (Å²) >= 11 is 0. The Morgan fingerprint density at radius 3 is 2.47 bits per heavy atom. The second-order valence-corrected chi connectivity index (χ2v) is 7.41. The fourth-order valence-electron chi connectivity index (χ4n) is 3.66. The lowest BCUT2D eigenvalue weighted by molar-refractivity contribution is 0.122. The fourth-order valence-corrected chi connectivity index (χ4v) is 3.66. The number of hydrogen-bond acceptors (Lipinski definition) is 8. The monoisotopic (exact) mass is 459 g/mol. The van der Waals surface area contributed by atoms with Crippen molar-refractivity contribution in [3.8, 4) is 23.3 Å². The number of aliphatic hydroxyl groups is 1. The van der Waals surface area contributed by atoms with E-state index >= 15 is 0 Å². The number of benzene rings is 2. The molecule has 0 radical (unpaired) electrons. The number of ether oxygens (including phenoxy) is 3. The van der Waals surface area contributed by atoms with Crippen LogP contribution in [-0.2, 0) is 4.74 Å². The van der Waals surface area contributed by atoms with Crippen LogP contribution in [0.15, 0.2) is 60.4 Å². The van der Waals surface area contributed by atoms with Gasteiger partial charge >= 0.3 is 0 Å². The number of rotatable bonds is 7. The Kier molecular flexibility index (Phi) is 7.10. The van der Waals surface area contributed by atoms with Gasteiger partial charge in [0, 0.05) is 13.1 Å². The van der Waals surface area contributed by atoms with E-state index in [9.17, 15) is 10.4 Å². The van der Waals surface area contributed by atoms with E-state index in [1.54, 1.807) is 37.0 Å². The summed E-state index contributed by atoms with van der Waals surface area (Å²) in [5.74, 6) is 1.78. The van der Waals surface area contributed by atoms with E-state index in [1.165, 1.54) is 6.08 Å². The second kappa shape index (κ2) is 10.6. The largest absolute Gasteiger partial charge is 0.506 e. The maximum absolute atomic E-state index is 10.8. The van der Waals surface area contributed by atoms with Crippen LogP contribution in [0.4, 0.5) is 5.95 Å². The standard InChI is InChI=1S/C25H25N5O4/c1-32-22-11-9-18(16-23(22)33-2)8-10-21(31)20(17-26)24-27-28-25(29-12-14-34-15-13-29)30(24)19-6-4-3-5-7-19/h3-11,16,31H,12-15H2,1-2H3/b10-8?,21-20-. The molecule has 1 aromatic heterocycles. The minimum absolute atomic E-state index is 0.00703. The zero-order chi connectivity index (χ0) is 23.9. The van der Waals surface area contributed by atoms with Gasteiger partial charge in [-0.25, -0.2) is 0 Å². The van der Waals surface area contributed by atoms with Gasteiger partial charge in [-0.05, 0) is 35.9 Å². The first kappa shape index (κ1) is 22.9. The first-order valence-corrected chi connectivity index (χ1v) is 10.7. The van der Waals surface area contributed by atoms with E-state index in [0.29, 0.717) is 43.8 Å². The van der Waals surface area contributed by atoms with Crippen molar-refractivity contribution in [1.82, 2.24) is 14.8 Å². The molecule has 0 aliphatic carbocycles. The number of allylic oxidation sites excluding steroid dienone is 2. The van der Waals surface area contributed by atoms with Gasteiger partial charge in [0.1, 0.15) is 17.4 Å². The molecule has 1 aliphatic rings. The van der Waals surface area contributed by atoms with Crippen molar-refractivity contribution in [2.75, 3.05) is 45.4 Å². The zero-order valence-corrected chi connectivity index (χ0v) is 19.0. The number of anilines is 1. The van der Waals surface area contributed by atoms with Gasteiger partial charge in [0.2, 0.25) is 5.95 Å². The van der Waals surface area contributed by atoms with Gasteiger partial charge in [0.25, 0.3) is 0 Å². The van der Waals surface area contributed by atoms with E-state index in [-0.39, 0.29) is 17.2 Å². The SMILES string of the molecule is COc1ccc(C=C/C(O)=C(\C#N)c2nnc(N3CCOCC3)n2-c2ccccc2)cc1OC. The highest BCUT2D eigenvalue weighted by molar-refractivity contribution is 5.79. The number of aromatic nitrogens is 3. The van der Waals surface area contributed by atoms with Crippen molar-refractivity contribution in [1.29, 1.82) is 5.26 Å². The van der Waals surface area contributed by atoms with Crippen molar-refractivity contribution in [3.63, 3.8) is 0 Å². The maximum Gasteiger partial charge on any atom is 0.232 e. The molecule has 174 valence electrons. The van der Waals surface area contributed by atoms with Gasteiger partial charge < -0.3 is 24.2 Å². The summed E-state index contributed by atoms with van der Waals surface area (Å²) in [5.41, 5.74) is 1.56. The van der Waals surface area contributed by atoms with Gasteiger partial charge in [0.05, 0.1) is 33.1 Å². The van der Waals surface area contributed by atoms with E-state index in [4.69, 9.17) is 14.2 Å². The Hall–Kier alpha value is -4.29. The van der Waals surface area contributed by atoms with Gasteiger partial charge in [-0.3, -0.25) is 4.57 Å². The first-order chi connectivity index (χ1) is 16.7. The van der Waals surface area contributed by atoms with Crippen LogP contribution in [0.1, 0.15) is 11.4 Å². The van der Waals surface area contributed by atoms with Crippen LogP contribution in [0.3, 0.4) is 0 Å². The third-order valence-electron chi connectivity index (χ3n) is 5.39. The molecule has 2 aromatic carbocycles. The van der Waals surface area contributed by atoms with Crippen molar-refractivity contribution in [2.45, 2.75) is 0 Å². The molecule has 9 heteroatoms. The minimum Gasteiger partial charge on any atom is -0.506 e. The summed E-state index contributed by atoms with van der Waals surface area (Å²) in [6.07, 6.45) is 3.14. The number of para-hydroxylation sites is 1. The molecule has 0 atom stereocenters. The Morgan fingerprint density at radius 2 is 1.79 bits per heavy atom. The molecule has 0 unspecified atom stereocenters. The minimum atomic E-state index is -0.226. The summed E-state index contributed by atoms with van der Waals surface area (Å²) < 4.78 is 17.8. The summed E-state index contributed by atoms with van der Waals surface area (Å²) in [4.78, 5) is 2.05. The molecule has 2 heterocycles. The zero-order valence-electron chi connectivity index (χ0n) is 19.0. The molecule has 9 nitrogen and oxygen atoms in total. The highest BCUT2D eigenvalue weighted by atomic mass is 16.5. The number of nitrogens with zero attached hydrogens (tertiary/aromatic N) is 5. The summed E-state index contributed by atoms with van der Waals surface area (Å²) in [6.45, 7) is 2.47. The molecule has 0 bridgehead atoms. The summed E-state index contributed by atoms with van der Waals surface area (Å²) in [5, 5.41) is 29.4. The summed E-state index contributed by atoms with van der Waals surface area (Å²) in [6, 6.07) is 17.0. The third-order valence-corrected chi connectivity index (χ3v) is 5.39. The number of methoxy groups -OCH3 is 2. The predicted molar refractivity (Wildman–Crippen MR) is 128 cm³/mol. The van der Waals surface area contributed by atoms with E-state index < -0.39 is 0 Å². The van der Waals surface area contributed by atoms with Gasteiger partial charge in [-0.15, -0.1) is 10.2 Å². The van der Waals surface area contributed by atoms with E-state index in [0.717, 1.165) is 11.3 Å². The van der Waals surface area contributed by atoms with Crippen molar-refractivity contribution < 1.29 is 19.3 Å². The smallest absolute Gasteiger partial charge is 0.232 e. The van der Waals surface area contributed by atoms with Crippen molar-refractivity contribution in [2.24, 2.45) is 0 Å². The maximum atomic E-state index is 10.8. The molecule has 0 spiro atoms. The molecular weight excluding hydrogens is 434 g/mol. The van der Waals surface area contributed by atoms with Gasteiger partial charge in [0.15, 0.2) is 17.3 Å². The molecule has 1 aliphatic heterocycles. The van der Waals surface area contributed by atoms with Crippen molar-refractivity contribution >= 4 is 17.6 Å². The van der Waals surface area contributed by atoms with Crippen LogP contribution < -0.4 is 14.4 Å². The van der Waals surface area contributed by atoms with Crippen LogP contribution >= 0.6 is 0 Å². The Bertz CT molecular complexity index is 1240. The lowest BCUT2D eigenvalue weighted by Gasteiger charge is -2.28. The van der Waals surface area contributed by atoms with Crippen LogP contribution in [0, 0.1) is 11.3 Å². The average Bonchev–Trinajstić information content (AvgIpc) is 3.33. The number of aliphatic hydroxyl groups excluding tert-OH is 1. The molecule has 4 rings (SSSR count). The van der Waals surface area contributed by atoms with E-state index in [2.05, 4.69) is 21.2 Å². The average molecular weight is 460 g/mol. The van der Waals surface area contributed by atoms with Crippen LogP contribution in [0.2, 0.25) is 0 Å². The molecule has 0 saturated carbocycles. The topological polar surface area (TPSA) is 106 Å². The molecule has 0 amide bonds. The fraction of sp³-hybridized carbons (Fsp3) is 0.240. The highest BCUT2D eigenvalue weighted by Crippen LogP contribution is 2.29. The first-order valence-electron chi connectivity index (χ1n) is 10.7. The van der Waals surface area contributed by atoms with Gasteiger partial charge in [-0.1, -0.05) is 30.3 Å². The molecule has 34 heavy (non-hydrogen) atoms. The van der Waals surface area contributed by atoms with Crippen LogP contribution in [0.5, 0.6) is 11.5 Å². The third kappa shape index (κ3) is 4.72. The van der Waals surface area contributed by atoms with E-state index in [1.807, 2.05) is 36.4 Å². The van der Waals surface area contributed by atoms with Crippen LogP contribution in [0.25, 0.3) is 17.3 Å². The Balaban J connectivity index is 1.75. The Morgan fingerprint density at radius 1 is 1.06 bits per heavy atom. The summed E-state index contributed by atoms with van der Waals surface area (Å²) in [7, 11) is 3.12. The number of morpholine rings is 1. The number of hydrogen-bond donors (Lipinski definition) is 1. The molecule has 1 fully saturated rings. The lowest BCUT2D eigenvalue weighted by Crippen LogP contribution is -2.38. The predicted octanol–water partition coefficient (Wildman–Crippen LogP) is 3.63. The number of nitriles is 1. The highest BCUT2D eigenvalue weighted by Gasteiger charge is 2.24. The molecule has 1 N–H and O–H groups in total. The molecule has 3 aromatic rings.